The summed E-state index contributed by atoms with van der Waals surface area (Å²) in [5.74, 6) is 1.77. The first-order valence-corrected chi connectivity index (χ1v) is 20.4. The van der Waals surface area contributed by atoms with Crippen molar-refractivity contribution >= 4 is 33.0 Å². The van der Waals surface area contributed by atoms with Crippen LogP contribution in [0.4, 0.5) is 0 Å². The van der Waals surface area contributed by atoms with Crippen molar-refractivity contribution in [2.75, 3.05) is 0 Å². The van der Waals surface area contributed by atoms with Gasteiger partial charge in [-0.05, 0) is 103 Å². The van der Waals surface area contributed by atoms with Crippen molar-refractivity contribution < 1.29 is 4.74 Å². The van der Waals surface area contributed by atoms with Gasteiger partial charge in [-0.2, -0.15) is 0 Å². The van der Waals surface area contributed by atoms with E-state index in [-0.39, 0.29) is 0 Å². The van der Waals surface area contributed by atoms with Gasteiger partial charge in [0.25, 0.3) is 0 Å². The highest BCUT2D eigenvalue weighted by Gasteiger charge is 2.50. The zero-order chi connectivity index (χ0) is 39.1. The molecule has 0 saturated heterocycles. The van der Waals surface area contributed by atoms with E-state index in [1.165, 1.54) is 49.4 Å². The number of ether oxygens (including phenoxy) is 1. The lowest BCUT2D eigenvalue weighted by Crippen LogP contribution is -2.40. The first-order chi connectivity index (χ1) is 29.1. The van der Waals surface area contributed by atoms with Crippen LogP contribution in [0.15, 0.2) is 211 Å². The fourth-order valence-electron chi connectivity index (χ4n) is 10.0. The third kappa shape index (κ3) is 5.04. The lowest BCUT2D eigenvalue weighted by Gasteiger charge is -2.39. The summed E-state index contributed by atoms with van der Waals surface area (Å²) in [5, 5.41) is 8.81. The topological polar surface area (TPSA) is 33.6 Å². The number of para-hydroxylation sites is 1. The van der Waals surface area contributed by atoms with E-state index in [0.717, 1.165) is 56.3 Å². The molecule has 0 aromatic heterocycles. The third-order valence-electron chi connectivity index (χ3n) is 12.7. The predicted octanol–water partition coefficient (Wildman–Crippen LogP) is 13.4. The molecule has 278 valence electrons. The molecule has 0 radical (unpaired) electrons. The summed E-state index contributed by atoms with van der Waals surface area (Å²) in [6, 6.07) is 72.2. The number of benzene rings is 9. The Bertz CT molecular complexity index is 3200. The quantitative estimate of drug-likeness (QED) is 0.182. The number of fused-ring (bicyclic) bond motifs is 12. The Balaban J connectivity index is 0.977. The minimum absolute atomic E-state index is 0.484. The molecule has 3 heteroatoms. The van der Waals surface area contributed by atoms with E-state index in [9.17, 15) is 0 Å². The molecule has 1 atom stereocenters. The summed E-state index contributed by atoms with van der Waals surface area (Å²) in [6.45, 7) is 2.17. The van der Waals surface area contributed by atoms with Crippen LogP contribution in [-0.4, -0.2) is 5.71 Å². The van der Waals surface area contributed by atoms with Crippen LogP contribution in [0.1, 0.15) is 45.9 Å². The molecule has 12 rings (SSSR count). The molecule has 9 aromatic rings. The molecule has 3 nitrogen and oxygen atoms in total. The molecular formula is C56H38N2O. The summed E-state index contributed by atoms with van der Waals surface area (Å²) >= 11 is 0. The summed E-state index contributed by atoms with van der Waals surface area (Å²) in [7, 11) is 0. The Kier molecular flexibility index (Phi) is 7.27. The average molecular weight is 755 g/mol. The standard InChI is InChI=1S/C56H38N2O/c1-55(42-17-3-2-4-18-42)57-51(35-52(58-55)41-28-30-44-39(33-41)27-26-36-14-5-6-19-43(36)44)40-16-13-15-37(32-40)38-29-31-50-54(34-38)59-53-25-12-11-24-49(53)56(50)47-22-9-7-20-45(47)46-21-8-10-23-48(46)56/h2-35,57H,1H3. The number of nitrogens with one attached hydrogen (secondary N) is 1. The van der Waals surface area contributed by atoms with Gasteiger partial charge in [0.2, 0.25) is 0 Å². The fourth-order valence-corrected chi connectivity index (χ4v) is 10.0. The Morgan fingerprint density at radius 2 is 1.07 bits per heavy atom. The molecule has 2 aliphatic heterocycles. The number of nitrogens with zero attached hydrogens (tertiary/aromatic N) is 1. The maximum Gasteiger partial charge on any atom is 0.153 e. The van der Waals surface area contributed by atoms with Crippen LogP contribution in [0.3, 0.4) is 0 Å². The van der Waals surface area contributed by atoms with Crippen molar-refractivity contribution in [2.24, 2.45) is 4.99 Å². The highest BCUT2D eigenvalue weighted by molar-refractivity contribution is 6.16. The van der Waals surface area contributed by atoms with Crippen LogP contribution >= 0.6 is 0 Å². The van der Waals surface area contributed by atoms with E-state index in [2.05, 4.69) is 219 Å². The number of aliphatic imine (C=N–C) groups is 1. The number of rotatable bonds is 4. The van der Waals surface area contributed by atoms with Crippen LogP contribution in [0.2, 0.25) is 0 Å². The second-order valence-electron chi connectivity index (χ2n) is 16.1. The second-order valence-corrected chi connectivity index (χ2v) is 16.1. The van der Waals surface area contributed by atoms with Crippen molar-refractivity contribution in [1.82, 2.24) is 5.32 Å². The zero-order valence-electron chi connectivity index (χ0n) is 32.5. The normalized spacial score (nSPS) is 16.9. The monoisotopic (exact) mass is 754 g/mol. The largest absolute Gasteiger partial charge is 0.457 e. The Morgan fingerprint density at radius 3 is 1.90 bits per heavy atom. The number of hydrogen-bond donors (Lipinski definition) is 1. The molecule has 2 heterocycles. The maximum absolute atomic E-state index is 6.86. The van der Waals surface area contributed by atoms with Gasteiger partial charge in [-0.3, -0.25) is 4.99 Å². The molecule has 0 fully saturated rings. The van der Waals surface area contributed by atoms with Crippen LogP contribution in [-0.2, 0) is 11.1 Å². The first-order valence-electron chi connectivity index (χ1n) is 20.4. The molecule has 1 aliphatic carbocycles. The minimum atomic E-state index is -0.690. The molecule has 1 unspecified atom stereocenters. The van der Waals surface area contributed by atoms with Crippen LogP contribution in [0.5, 0.6) is 11.5 Å². The summed E-state index contributed by atoms with van der Waals surface area (Å²) < 4.78 is 6.86. The van der Waals surface area contributed by atoms with Crippen LogP contribution in [0, 0.1) is 0 Å². The maximum atomic E-state index is 6.86. The van der Waals surface area contributed by atoms with Crippen molar-refractivity contribution in [3.8, 4) is 33.8 Å². The molecule has 0 bridgehead atoms. The Hall–Kier alpha value is -7.49. The third-order valence-corrected chi connectivity index (χ3v) is 12.7. The van der Waals surface area contributed by atoms with Gasteiger partial charge < -0.3 is 10.1 Å². The lowest BCUT2D eigenvalue weighted by atomic mass is 9.66. The highest BCUT2D eigenvalue weighted by atomic mass is 16.5. The molecule has 1 N–H and O–H groups in total. The van der Waals surface area contributed by atoms with Gasteiger partial charge >= 0.3 is 0 Å². The van der Waals surface area contributed by atoms with Gasteiger partial charge in [-0.25, -0.2) is 0 Å². The molecule has 59 heavy (non-hydrogen) atoms. The molecule has 0 saturated carbocycles. The molecule has 0 amide bonds. The smallest absolute Gasteiger partial charge is 0.153 e. The number of hydrogen-bond acceptors (Lipinski definition) is 3. The predicted molar refractivity (Wildman–Crippen MR) is 242 cm³/mol. The van der Waals surface area contributed by atoms with E-state index in [4.69, 9.17) is 9.73 Å². The van der Waals surface area contributed by atoms with Gasteiger partial charge in [0.05, 0.1) is 11.1 Å². The van der Waals surface area contributed by atoms with Crippen LogP contribution in [0.25, 0.3) is 49.5 Å². The fraction of sp³-hybridized carbons (Fsp3) is 0.0536. The van der Waals surface area contributed by atoms with E-state index in [0.29, 0.717) is 0 Å². The first kappa shape index (κ1) is 33.6. The van der Waals surface area contributed by atoms with E-state index in [1.807, 2.05) is 0 Å². The van der Waals surface area contributed by atoms with Gasteiger partial charge in [-0.1, -0.05) is 176 Å². The van der Waals surface area contributed by atoms with Gasteiger partial charge in [0.15, 0.2) is 5.66 Å². The van der Waals surface area contributed by atoms with Gasteiger partial charge in [-0.15, -0.1) is 0 Å². The van der Waals surface area contributed by atoms with Gasteiger partial charge in [0.1, 0.15) is 11.5 Å². The Labute approximate surface area is 343 Å². The van der Waals surface area contributed by atoms with Gasteiger partial charge in [0, 0.05) is 22.4 Å². The second kappa shape index (κ2) is 12.8. The van der Waals surface area contributed by atoms with E-state index >= 15 is 0 Å². The highest BCUT2D eigenvalue weighted by Crippen LogP contribution is 2.62. The van der Waals surface area contributed by atoms with Crippen molar-refractivity contribution in [2.45, 2.75) is 18.0 Å². The molecule has 9 aromatic carbocycles. The SMILES string of the molecule is CC1(c2ccccc2)N=C(c2ccc3c(ccc4ccccc43)c2)C=C(c2cccc(-c3ccc4c(c3)Oc3ccccc3C43c4ccccc4-c4ccccc43)c2)N1. The van der Waals surface area contributed by atoms with Crippen molar-refractivity contribution in [1.29, 1.82) is 0 Å². The zero-order valence-corrected chi connectivity index (χ0v) is 32.5. The molecule has 1 spiro atoms. The summed E-state index contributed by atoms with van der Waals surface area (Å²) in [5.41, 5.74) is 13.7. The minimum Gasteiger partial charge on any atom is -0.457 e. The summed E-state index contributed by atoms with van der Waals surface area (Å²) in [6.07, 6.45) is 2.21. The van der Waals surface area contributed by atoms with Crippen molar-refractivity contribution in [3.63, 3.8) is 0 Å². The molecular weight excluding hydrogens is 717 g/mol. The lowest BCUT2D eigenvalue weighted by molar-refractivity contribution is 0.436. The Morgan fingerprint density at radius 1 is 0.441 bits per heavy atom. The number of allylic oxidation sites excluding steroid dienone is 1. The van der Waals surface area contributed by atoms with Crippen LogP contribution < -0.4 is 10.1 Å². The van der Waals surface area contributed by atoms with Crippen molar-refractivity contribution in [3.05, 3.63) is 245 Å². The average Bonchev–Trinajstić information content (AvgIpc) is 3.59. The van der Waals surface area contributed by atoms with E-state index in [1.54, 1.807) is 0 Å². The van der Waals surface area contributed by atoms with E-state index < -0.39 is 11.1 Å². The molecule has 3 aliphatic rings. The summed E-state index contributed by atoms with van der Waals surface area (Å²) in [4.78, 5) is 5.43.